The molecule has 10 aromatic rings. The van der Waals surface area contributed by atoms with Gasteiger partial charge in [0.1, 0.15) is 11.5 Å². The van der Waals surface area contributed by atoms with Gasteiger partial charge in [0.25, 0.3) is 0 Å². The largest absolute Gasteiger partial charge is 0.456 e. The number of ether oxygens (including phenoxy) is 1. The van der Waals surface area contributed by atoms with Crippen LogP contribution in [-0.2, 0) is 0 Å². The second-order valence-electron chi connectivity index (χ2n) is 15.0. The summed E-state index contributed by atoms with van der Waals surface area (Å²) in [5.41, 5.74) is 13.6. The molecule has 1 aliphatic rings. The molecule has 0 atom stereocenters. The Morgan fingerprint density at radius 3 is 1.22 bits per heavy atom. The Labute approximate surface area is 344 Å². The van der Waals surface area contributed by atoms with Crippen LogP contribution >= 0.6 is 0 Å². The highest BCUT2D eigenvalue weighted by Crippen LogP contribution is 2.50. The van der Waals surface area contributed by atoms with E-state index in [4.69, 9.17) is 4.74 Å². The number of fused-ring (bicyclic) bond motifs is 4. The van der Waals surface area contributed by atoms with E-state index < -0.39 is 0 Å². The Morgan fingerprint density at radius 2 is 0.712 bits per heavy atom. The van der Waals surface area contributed by atoms with Crippen LogP contribution in [0.1, 0.15) is 0 Å². The van der Waals surface area contributed by atoms with Crippen LogP contribution in [0.2, 0.25) is 0 Å². The lowest BCUT2D eigenvalue weighted by molar-refractivity contribution is 0.487. The number of para-hydroxylation sites is 4. The smallest absolute Gasteiger partial charge is 0.135 e. The van der Waals surface area contributed by atoms with Gasteiger partial charge in [0.2, 0.25) is 0 Å². The van der Waals surface area contributed by atoms with Gasteiger partial charge in [-0.05, 0) is 147 Å². The van der Waals surface area contributed by atoms with Crippen LogP contribution in [0.4, 0.5) is 34.1 Å². The minimum Gasteiger partial charge on any atom is -0.456 e. The van der Waals surface area contributed by atoms with E-state index in [1.165, 1.54) is 32.8 Å². The van der Waals surface area contributed by atoms with Crippen molar-refractivity contribution < 1.29 is 4.74 Å². The molecule has 278 valence electrons. The SMILES string of the molecule is c1ccc(N(c2ccccc2)c2ccc(-c3ccc4c(c3)Oc3cccc5c3c-4cc3ccc(-c4ccc(N(c6ccccc6)c6ccccc6)cc4)cc35)cc2)cc1. The van der Waals surface area contributed by atoms with Crippen LogP contribution in [0.5, 0.6) is 11.5 Å². The van der Waals surface area contributed by atoms with E-state index in [1.54, 1.807) is 0 Å². The average Bonchev–Trinajstić information content (AvgIpc) is 3.31. The van der Waals surface area contributed by atoms with Crippen molar-refractivity contribution in [2.24, 2.45) is 0 Å². The van der Waals surface area contributed by atoms with Gasteiger partial charge in [-0.1, -0.05) is 127 Å². The van der Waals surface area contributed by atoms with E-state index in [-0.39, 0.29) is 0 Å². The lowest BCUT2D eigenvalue weighted by Gasteiger charge is -2.26. The van der Waals surface area contributed by atoms with E-state index in [9.17, 15) is 0 Å². The van der Waals surface area contributed by atoms with Crippen molar-refractivity contribution in [2.75, 3.05) is 9.80 Å². The molecule has 0 fully saturated rings. The number of hydrogen-bond acceptors (Lipinski definition) is 3. The average molecular weight is 755 g/mol. The number of anilines is 6. The number of benzene rings is 10. The first-order valence-electron chi connectivity index (χ1n) is 20.1. The van der Waals surface area contributed by atoms with Crippen LogP contribution in [0.15, 0.2) is 231 Å². The van der Waals surface area contributed by atoms with E-state index in [0.29, 0.717) is 0 Å². The third-order valence-electron chi connectivity index (χ3n) is 11.4. The van der Waals surface area contributed by atoms with Crippen LogP contribution in [0, 0.1) is 0 Å². The lowest BCUT2D eigenvalue weighted by Crippen LogP contribution is -2.09. The monoisotopic (exact) mass is 754 g/mol. The Balaban J connectivity index is 0.919. The maximum absolute atomic E-state index is 6.75. The second-order valence-corrected chi connectivity index (χ2v) is 15.0. The summed E-state index contributed by atoms with van der Waals surface area (Å²) in [6.45, 7) is 0. The molecule has 0 N–H and O–H groups in total. The first kappa shape index (κ1) is 34.4. The van der Waals surface area contributed by atoms with Crippen molar-refractivity contribution in [1.29, 1.82) is 0 Å². The van der Waals surface area contributed by atoms with Gasteiger partial charge < -0.3 is 14.5 Å². The lowest BCUT2D eigenvalue weighted by atomic mass is 9.88. The zero-order chi connectivity index (χ0) is 39.1. The molecule has 0 saturated carbocycles. The van der Waals surface area contributed by atoms with E-state index in [0.717, 1.165) is 67.7 Å². The van der Waals surface area contributed by atoms with Gasteiger partial charge in [0.05, 0.1) is 0 Å². The Bertz CT molecular complexity index is 3010. The van der Waals surface area contributed by atoms with Gasteiger partial charge in [-0.2, -0.15) is 0 Å². The van der Waals surface area contributed by atoms with Crippen LogP contribution in [-0.4, -0.2) is 0 Å². The fraction of sp³-hybridized carbons (Fsp3) is 0. The standard InChI is InChI=1S/C56H38N2O/c1-5-14-44(15-6-1)57(45-16-7-2-8-17-45)48-31-26-39(27-32-48)41-24-25-43-37-53-50-35-30-42(38-55(50)59-54-23-13-22-51(56(53)54)52(43)36-41)40-28-33-49(34-29-40)58(46-18-9-3-10-19-46)47-20-11-4-12-21-47/h1-38H. The summed E-state index contributed by atoms with van der Waals surface area (Å²) in [6.07, 6.45) is 0. The van der Waals surface area contributed by atoms with Crippen LogP contribution < -0.4 is 14.5 Å². The maximum Gasteiger partial charge on any atom is 0.135 e. The molecule has 1 heterocycles. The van der Waals surface area contributed by atoms with Crippen molar-refractivity contribution in [1.82, 2.24) is 0 Å². The summed E-state index contributed by atoms with van der Waals surface area (Å²) in [7, 11) is 0. The van der Waals surface area contributed by atoms with E-state index in [2.05, 4.69) is 240 Å². The Morgan fingerprint density at radius 1 is 0.271 bits per heavy atom. The molecule has 3 heteroatoms. The molecule has 3 nitrogen and oxygen atoms in total. The molecular formula is C56H38N2O. The predicted octanol–water partition coefficient (Wildman–Crippen LogP) is 16.0. The second kappa shape index (κ2) is 14.6. The van der Waals surface area contributed by atoms with Gasteiger partial charge in [0.15, 0.2) is 0 Å². The third-order valence-corrected chi connectivity index (χ3v) is 11.4. The molecule has 0 aromatic heterocycles. The zero-order valence-corrected chi connectivity index (χ0v) is 32.2. The van der Waals surface area contributed by atoms with Gasteiger partial charge in [-0.15, -0.1) is 0 Å². The molecule has 11 rings (SSSR count). The summed E-state index contributed by atoms with van der Waals surface area (Å²) in [6, 6.07) is 82.0. The molecule has 0 aliphatic carbocycles. The molecule has 1 aliphatic heterocycles. The molecular weight excluding hydrogens is 717 g/mol. The van der Waals surface area contributed by atoms with E-state index >= 15 is 0 Å². The van der Waals surface area contributed by atoms with Crippen molar-refractivity contribution >= 4 is 55.7 Å². The first-order valence-corrected chi connectivity index (χ1v) is 20.1. The fourth-order valence-electron chi connectivity index (χ4n) is 8.59. The summed E-state index contributed by atoms with van der Waals surface area (Å²) in [4.78, 5) is 4.58. The maximum atomic E-state index is 6.75. The molecule has 0 saturated heterocycles. The summed E-state index contributed by atoms with van der Waals surface area (Å²) in [5, 5.41) is 4.77. The van der Waals surface area contributed by atoms with Crippen molar-refractivity contribution in [3.63, 3.8) is 0 Å². The van der Waals surface area contributed by atoms with Crippen LogP contribution in [0.3, 0.4) is 0 Å². The Hall–Kier alpha value is -7.88. The highest BCUT2D eigenvalue weighted by molar-refractivity contribution is 6.18. The molecule has 0 amide bonds. The minimum absolute atomic E-state index is 0.873. The zero-order valence-electron chi connectivity index (χ0n) is 32.2. The van der Waals surface area contributed by atoms with Crippen molar-refractivity contribution in [2.45, 2.75) is 0 Å². The van der Waals surface area contributed by atoms with Crippen molar-refractivity contribution in [3.8, 4) is 44.9 Å². The number of nitrogens with zero attached hydrogens (tertiary/aromatic N) is 2. The van der Waals surface area contributed by atoms with Crippen LogP contribution in [0.25, 0.3) is 54.9 Å². The number of rotatable bonds is 8. The number of hydrogen-bond donors (Lipinski definition) is 0. The molecule has 0 unspecified atom stereocenters. The summed E-state index contributed by atoms with van der Waals surface area (Å²) < 4.78 is 6.75. The first-order chi connectivity index (χ1) is 29.2. The van der Waals surface area contributed by atoms with E-state index in [1.807, 2.05) is 0 Å². The van der Waals surface area contributed by atoms with Gasteiger partial charge in [0, 0.05) is 45.1 Å². The summed E-state index contributed by atoms with van der Waals surface area (Å²) >= 11 is 0. The van der Waals surface area contributed by atoms with Gasteiger partial charge in [-0.25, -0.2) is 0 Å². The highest BCUT2D eigenvalue weighted by atomic mass is 16.5. The normalized spacial score (nSPS) is 11.5. The molecule has 59 heavy (non-hydrogen) atoms. The van der Waals surface area contributed by atoms with Gasteiger partial charge >= 0.3 is 0 Å². The van der Waals surface area contributed by atoms with Crippen molar-refractivity contribution in [3.05, 3.63) is 231 Å². The topological polar surface area (TPSA) is 15.7 Å². The molecule has 0 bridgehead atoms. The third kappa shape index (κ3) is 6.26. The minimum atomic E-state index is 0.873. The van der Waals surface area contributed by atoms with Gasteiger partial charge in [-0.3, -0.25) is 0 Å². The molecule has 0 spiro atoms. The summed E-state index contributed by atoms with van der Waals surface area (Å²) in [5.74, 6) is 1.76. The molecule has 0 radical (unpaired) electrons. The fourth-order valence-corrected chi connectivity index (χ4v) is 8.59. The Kier molecular flexibility index (Phi) is 8.49. The molecule has 10 aromatic carbocycles. The quantitative estimate of drug-likeness (QED) is 0.144. The predicted molar refractivity (Wildman–Crippen MR) is 247 cm³/mol. The highest BCUT2D eigenvalue weighted by Gasteiger charge is 2.23.